The number of carbonyl (C=O) groups is 1. The van der Waals surface area contributed by atoms with Gasteiger partial charge in [0.25, 0.3) is 5.91 Å². The van der Waals surface area contributed by atoms with Crippen LogP contribution in [-0.4, -0.2) is 12.0 Å². The molecule has 4 nitrogen and oxygen atoms in total. The molecule has 0 aromatic heterocycles. The van der Waals surface area contributed by atoms with Crippen LogP contribution in [-0.2, 0) is 17.5 Å². The third kappa shape index (κ3) is 6.02. The molecule has 1 N–H and O–H groups in total. The topological polar surface area (TPSA) is 62.1 Å². The zero-order chi connectivity index (χ0) is 20.7. The predicted octanol–water partition coefficient (Wildman–Crippen LogP) is 4.69. The van der Waals surface area contributed by atoms with Crippen LogP contribution in [0.3, 0.4) is 0 Å². The molecule has 148 valence electrons. The highest BCUT2D eigenvalue weighted by molar-refractivity contribution is 5.81. The van der Waals surface area contributed by atoms with Crippen molar-refractivity contribution >= 4 is 5.91 Å². The number of amides is 1. The Morgan fingerprint density at radius 3 is 2.43 bits per heavy atom. The van der Waals surface area contributed by atoms with Crippen LogP contribution < -0.4 is 10.1 Å². The van der Waals surface area contributed by atoms with Crippen LogP contribution in [0.2, 0.25) is 0 Å². The van der Waals surface area contributed by atoms with Gasteiger partial charge in [-0.1, -0.05) is 44.2 Å². The molecule has 0 radical (unpaired) electrons. The lowest BCUT2D eigenvalue weighted by Gasteiger charge is -2.21. The zero-order valence-corrected chi connectivity index (χ0v) is 15.6. The molecule has 2 aromatic carbocycles. The van der Waals surface area contributed by atoms with Crippen molar-refractivity contribution in [2.24, 2.45) is 5.92 Å². The molecular formula is C21H21F3N2O2. The predicted molar refractivity (Wildman–Crippen MR) is 98.3 cm³/mol. The maximum absolute atomic E-state index is 13.1. The number of nitriles is 1. The van der Waals surface area contributed by atoms with Crippen LogP contribution in [0.5, 0.6) is 5.75 Å². The Morgan fingerprint density at radius 2 is 1.86 bits per heavy atom. The van der Waals surface area contributed by atoms with Gasteiger partial charge in [-0.15, -0.1) is 0 Å². The van der Waals surface area contributed by atoms with Crippen LogP contribution in [0.15, 0.2) is 48.5 Å². The number of nitrogens with one attached hydrogen (secondary N) is 1. The van der Waals surface area contributed by atoms with Crippen LogP contribution in [0.4, 0.5) is 13.2 Å². The van der Waals surface area contributed by atoms with Crippen molar-refractivity contribution in [3.63, 3.8) is 0 Å². The second-order valence-corrected chi connectivity index (χ2v) is 6.76. The Labute approximate surface area is 161 Å². The molecule has 0 spiro atoms. The van der Waals surface area contributed by atoms with Gasteiger partial charge >= 0.3 is 6.18 Å². The monoisotopic (exact) mass is 390 g/mol. The number of hydrogen-bond acceptors (Lipinski definition) is 3. The first kappa shape index (κ1) is 21.3. The maximum atomic E-state index is 13.1. The molecule has 1 atom stereocenters. The van der Waals surface area contributed by atoms with Gasteiger partial charge in [0.1, 0.15) is 5.75 Å². The van der Waals surface area contributed by atoms with E-state index in [1.165, 1.54) is 12.1 Å². The minimum atomic E-state index is -4.69. The average Bonchev–Trinajstić information content (AvgIpc) is 2.65. The van der Waals surface area contributed by atoms with Crippen molar-refractivity contribution in [1.29, 1.82) is 5.26 Å². The molecule has 0 saturated heterocycles. The first-order valence-corrected chi connectivity index (χ1v) is 8.80. The second-order valence-electron chi connectivity index (χ2n) is 6.76. The van der Waals surface area contributed by atoms with E-state index in [9.17, 15) is 18.0 Å². The third-order valence-corrected chi connectivity index (χ3v) is 3.98. The molecule has 28 heavy (non-hydrogen) atoms. The largest absolute Gasteiger partial charge is 0.481 e. The summed E-state index contributed by atoms with van der Waals surface area (Å²) in [6.07, 6.45) is -5.30. The summed E-state index contributed by atoms with van der Waals surface area (Å²) in [5.41, 5.74) is -0.675. The normalized spacial score (nSPS) is 12.3. The Morgan fingerprint density at radius 1 is 1.18 bits per heavy atom. The summed E-state index contributed by atoms with van der Waals surface area (Å²) in [5.74, 6) is -0.421. The Balaban J connectivity index is 2.17. The van der Waals surface area contributed by atoms with Gasteiger partial charge in [-0.3, -0.25) is 4.79 Å². The Hall–Kier alpha value is -3.01. The molecule has 2 aromatic rings. The average molecular weight is 390 g/mol. The fourth-order valence-corrected chi connectivity index (χ4v) is 2.63. The van der Waals surface area contributed by atoms with E-state index >= 15 is 0 Å². The molecule has 0 heterocycles. The lowest BCUT2D eigenvalue weighted by Crippen LogP contribution is -2.39. The van der Waals surface area contributed by atoms with Crippen LogP contribution >= 0.6 is 0 Å². The highest BCUT2D eigenvalue weighted by Crippen LogP contribution is 2.34. The molecular weight excluding hydrogens is 369 g/mol. The molecule has 0 saturated carbocycles. The fourth-order valence-electron chi connectivity index (χ4n) is 2.63. The van der Waals surface area contributed by atoms with Gasteiger partial charge in [0.05, 0.1) is 17.2 Å². The number of halogens is 3. The number of benzene rings is 2. The zero-order valence-electron chi connectivity index (χ0n) is 15.6. The van der Waals surface area contributed by atoms with Gasteiger partial charge in [0.2, 0.25) is 0 Å². The maximum Gasteiger partial charge on any atom is 0.417 e. The molecule has 0 aliphatic rings. The van der Waals surface area contributed by atoms with Crippen molar-refractivity contribution in [2.75, 3.05) is 0 Å². The Kier molecular flexibility index (Phi) is 7.05. The number of alkyl halides is 3. The summed E-state index contributed by atoms with van der Waals surface area (Å²) in [6.45, 7) is 4.07. The first-order valence-electron chi connectivity index (χ1n) is 8.80. The van der Waals surface area contributed by atoms with Crippen LogP contribution in [0.1, 0.15) is 37.0 Å². The minimum absolute atomic E-state index is 0.0907. The Bertz CT molecular complexity index is 843. The van der Waals surface area contributed by atoms with Crippen molar-refractivity contribution in [2.45, 2.75) is 39.1 Å². The molecule has 2 rings (SSSR count). The van der Waals surface area contributed by atoms with E-state index in [1.807, 2.05) is 44.2 Å². The highest BCUT2D eigenvalue weighted by Gasteiger charge is 2.34. The smallest absolute Gasteiger partial charge is 0.417 e. The van der Waals surface area contributed by atoms with Gasteiger partial charge in [0, 0.05) is 6.54 Å². The van der Waals surface area contributed by atoms with Gasteiger partial charge in [-0.2, -0.15) is 18.4 Å². The van der Waals surface area contributed by atoms with Crippen molar-refractivity contribution in [3.05, 3.63) is 65.2 Å². The highest BCUT2D eigenvalue weighted by atomic mass is 19.4. The summed E-state index contributed by atoms with van der Waals surface area (Å²) in [7, 11) is 0. The number of ether oxygens (including phenoxy) is 1. The van der Waals surface area contributed by atoms with Gasteiger partial charge in [-0.25, -0.2) is 0 Å². The molecule has 0 aliphatic carbocycles. The molecule has 1 unspecified atom stereocenters. The molecule has 1 amide bonds. The molecule has 0 fully saturated rings. The molecule has 7 heteroatoms. The summed E-state index contributed by atoms with van der Waals surface area (Å²) < 4.78 is 45.0. The lowest BCUT2D eigenvalue weighted by molar-refractivity contribution is -0.137. The van der Waals surface area contributed by atoms with E-state index in [2.05, 4.69) is 5.32 Å². The van der Waals surface area contributed by atoms with Gasteiger partial charge in [0.15, 0.2) is 6.10 Å². The van der Waals surface area contributed by atoms with Crippen molar-refractivity contribution in [1.82, 2.24) is 5.32 Å². The van der Waals surface area contributed by atoms with E-state index in [0.29, 0.717) is 13.0 Å². The van der Waals surface area contributed by atoms with E-state index in [-0.39, 0.29) is 11.7 Å². The SMILES string of the molecule is CC(C)CC(Oc1ccc(C#N)c(C(F)(F)F)c1)C(=O)NCc1ccccc1. The van der Waals surface area contributed by atoms with E-state index in [0.717, 1.165) is 17.7 Å². The first-order chi connectivity index (χ1) is 13.2. The number of rotatable bonds is 7. The van der Waals surface area contributed by atoms with Crippen LogP contribution in [0.25, 0.3) is 0 Å². The van der Waals surface area contributed by atoms with Gasteiger partial charge in [-0.05, 0) is 36.1 Å². The van der Waals surface area contributed by atoms with E-state index in [1.54, 1.807) is 0 Å². The molecule has 0 aliphatic heterocycles. The summed E-state index contributed by atoms with van der Waals surface area (Å²) >= 11 is 0. The van der Waals surface area contributed by atoms with Crippen molar-refractivity contribution in [3.8, 4) is 11.8 Å². The standard InChI is InChI=1S/C21H21F3N2O2/c1-14(2)10-19(20(27)26-13-15-6-4-3-5-7-15)28-17-9-8-16(12-25)18(11-17)21(22,23)24/h3-9,11,14,19H,10,13H2,1-2H3,(H,26,27). The van der Waals surface area contributed by atoms with E-state index in [4.69, 9.17) is 10.00 Å². The second kappa shape index (κ2) is 9.27. The van der Waals surface area contributed by atoms with E-state index < -0.39 is 29.3 Å². The number of carbonyl (C=O) groups excluding carboxylic acids is 1. The minimum Gasteiger partial charge on any atom is -0.481 e. The summed E-state index contributed by atoms with van der Waals surface area (Å²) in [4.78, 5) is 12.6. The summed E-state index contributed by atoms with van der Waals surface area (Å²) in [6, 6.07) is 13.9. The fraction of sp³-hybridized carbons (Fsp3) is 0.333. The molecule has 0 bridgehead atoms. The third-order valence-electron chi connectivity index (χ3n) is 3.98. The van der Waals surface area contributed by atoms with Crippen molar-refractivity contribution < 1.29 is 22.7 Å². The lowest BCUT2D eigenvalue weighted by atomic mass is 10.0. The number of hydrogen-bond donors (Lipinski definition) is 1. The quantitative estimate of drug-likeness (QED) is 0.746. The number of nitrogens with zero attached hydrogens (tertiary/aromatic N) is 1. The summed E-state index contributed by atoms with van der Waals surface area (Å²) in [5, 5.41) is 11.6. The van der Waals surface area contributed by atoms with Gasteiger partial charge < -0.3 is 10.1 Å². The van der Waals surface area contributed by atoms with Crippen LogP contribution in [0, 0.1) is 17.2 Å².